The molecule has 0 saturated carbocycles. The van der Waals surface area contributed by atoms with Gasteiger partial charge in [-0.1, -0.05) is 12.0 Å². The van der Waals surface area contributed by atoms with Crippen LogP contribution < -0.4 is 10.6 Å². The number of aryl methyl sites for hydroxylation is 1. The molecule has 16 heavy (non-hydrogen) atoms. The smallest absolute Gasteiger partial charge is 0.270 e. The molecule has 0 aromatic carbocycles. The fourth-order valence-electron chi connectivity index (χ4n) is 1.79. The average molecular weight is 224 g/mol. The van der Waals surface area contributed by atoms with Gasteiger partial charge in [0.15, 0.2) is 0 Å². The number of hydrogen-bond acceptors (Lipinski definition) is 5. The SMILES string of the molecule is Cn1nnc(NC(=O)C2(C)CCNCC2)n1. The van der Waals surface area contributed by atoms with E-state index in [1.165, 1.54) is 4.80 Å². The van der Waals surface area contributed by atoms with Crippen molar-refractivity contribution >= 4 is 11.9 Å². The Morgan fingerprint density at radius 2 is 2.19 bits per heavy atom. The second-order valence-electron chi connectivity index (χ2n) is 4.37. The molecule has 0 aliphatic carbocycles. The molecule has 1 aliphatic heterocycles. The largest absolute Gasteiger partial charge is 0.317 e. The number of tetrazole rings is 1. The van der Waals surface area contributed by atoms with Crippen molar-refractivity contribution in [3.05, 3.63) is 0 Å². The first-order valence-electron chi connectivity index (χ1n) is 5.36. The first-order valence-corrected chi connectivity index (χ1v) is 5.36. The van der Waals surface area contributed by atoms with Gasteiger partial charge in [0.2, 0.25) is 5.91 Å². The van der Waals surface area contributed by atoms with E-state index in [4.69, 9.17) is 0 Å². The Morgan fingerprint density at radius 3 is 2.75 bits per heavy atom. The molecule has 1 aliphatic rings. The van der Waals surface area contributed by atoms with Crippen LogP contribution in [0.5, 0.6) is 0 Å². The molecular formula is C9H16N6O. The van der Waals surface area contributed by atoms with Gasteiger partial charge in [-0.05, 0) is 31.1 Å². The van der Waals surface area contributed by atoms with Gasteiger partial charge in [0.25, 0.3) is 5.95 Å². The molecule has 2 rings (SSSR count). The molecule has 2 heterocycles. The van der Waals surface area contributed by atoms with Crippen LogP contribution in [0, 0.1) is 5.41 Å². The number of anilines is 1. The second kappa shape index (κ2) is 4.17. The summed E-state index contributed by atoms with van der Waals surface area (Å²) in [6.07, 6.45) is 1.66. The third-order valence-electron chi connectivity index (χ3n) is 2.99. The Bertz CT molecular complexity index is 381. The maximum Gasteiger partial charge on any atom is 0.270 e. The molecule has 1 amide bonds. The van der Waals surface area contributed by atoms with Gasteiger partial charge in [0.05, 0.1) is 7.05 Å². The van der Waals surface area contributed by atoms with Crippen molar-refractivity contribution in [3.8, 4) is 0 Å². The maximum absolute atomic E-state index is 12.0. The molecular weight excluding hydrogens is 208 g/mol. The van der Waals surface area contributed by atoms with Gasteiger partial charge < -0.3 is 5.32 Å². The van der Waals surface area contributed by atoms with Crippen LogP contribution in [0.25, 0.3) is 0 Å². The minimum atomic E-state index is -0.329. The molecule has 7 nitrogen and oxygen atoms in total. The first-order chi connectivity index (χ1) is 7.60. The highest BCUT2D eigenvalue weighted by Gasteiger charge is 2.35. The predicted octanol–water partition coefficient (Wildman–Crippen LogP) is -0.462. The van der Waals surface area contributed by atoms with Gasteiger partial charge >= 0.3 is 0 Å². The molecule has 0 spiro atoms. The number of hydrogen-bond donors (Lipinski definition) is 2. The summed E-state index contributed by atoms with van der Waals surface area (Å²) in [5.74, 6) is 0.245. The van der Waals surface area contributed by atoms with E-state index in [0.717, 1.165) is 25.9 Å². The molecule has 0 bridgehead atoms. The van der Waals surface area contributed by atoms with Crippen LogP contribution in [-0.4, -0.2) is 39.2 Å². The Morgan fingerprint density at radius 1 is 1.50 bits per heavy atom. The van der Waals surface area contributed by atoms with E-state index in [-0.39, 0.29) is 17.3 Å². The monoisotopic (exact) mass is 224 g/mol. The molecule has 1 aromatic heterocycles. The zero-order valence-corrected chi connectivity index (χ0v) is 9.53. The fourth-order valence-corrected chi connectivity index (χ4v) is 1.79. The summed E-state index contributed by atoms with van der Waals surface area (Å²) in [5.41, 5.74) is -0.329. The van der Waals surface area contributed by atoms with Crippen LogP contribution in [0.4, 0.5) is 5.95 Å². The number of aromatic nitrogens is 4. The molecule has 1 fully saturated rings. The normalized spacial score (nSPS) is 19.4. The topological polar surface area (TPSA) is 84.7 Å². The van der Waals surface area contributed by atoms with Crippen molar-refractivity contribution in [2.24, 2.45) is 12.5 Å². The van der Waals surface area contributed by atoms with E-state index in [2.05, 4.69) is 26.0 Å². The van der Waals surface area contributed by atoms with E-state index in [1.807, 2.05) is 6.92 Å². The Kier molecular flexibility index (Phi) is 2.86. The Hall–Kier alpha value is -1.50. The third-order valence-corrected chi connectivity index (χ3v) is 2.99. The quantitative estimate of drug-likeness (QED) is 0.710. The highest BCUT2D eigenvalue weighted by atomic mass is 16.2. The van der Waals surface area contributed by atoms with E-state index < -0.39 is 0 Å². The molecule has 1 aromatic rings. The number of nitrogens with zero attached hydrogens (tertiary/aromatic N) is 4. The molecule has 88 valence electrons. The number of piperidine rings is 1. The molecule has 7 heteroatoms. The van der Waals surface area contributed by atoms with E-state index in [0.29, 0.717) is 0 Å². The fraction of sp³-hybridized carbons (Fsp3) is 0.778. The summed E-state index contributed by atoms with van der Waals surface area (Å²) in [6, 6.07) is 0. The van der Waals surface area contributed by atoms with Gasteiger partial charge in [0, 0.05) is 5.41 Å². The number of rotatable bonds is 2. The van der Waals surface area contributed by atoms with Crippen LogP contribution >= 0.6 is 0 Å². The lowest BCUT2D eigenvalue weighted by atomic mass is 9.80. The Labute approximate surface area is 93.6 Å². The van der Waals surface area contributed by atoms with Gasteiger partial charge in [-0.15, -0.1) is 5.10 Å². The first kappa shape index (κ1) is 11.0. The minimum absolute atomic E-state index is 0.0259. The van der Waals surface area contributed by atoms with Crippen molar-refractivity contribution in [1.29, 1.82) is 0 Å². The third kappa shape index (κ3) is 2.19. The average Bonchev–Trinajstić information content (AvgIpc) is 2.65. The van der Waals surface area contributed by atoms with Crippen molar-refractivity contribution in [3.63, 3.8) is 0 Å². The second-order valence-corrected chi connectivity index (χ2v) is 4.37. The summed E-state index contributed by atoms with van der Waals surface area (Å²) >= 11 is 0. The number of amides is 1. The molecule has 2 N–H and O–H groups in total. The lowest BCUT2D eigenvalue weighted by molar-refractivity contribution is -0.126. The van der Waals surface area contributed by atoms with E-state index in [9.17, 15) is 4.79 Å². The predicted molar refractivity (Wildman–Crippen MR) is 57.6 cm³/mol. The summed E-state index contributed by atoms with van der Waals surface area (Å²) in [6.45, 7) is 3.72. The van der Waals surface area contributed by atoms with Crippen LogP contribution in [-0.2, 0) is 11.8 Å². The molecule has 1 saturated heterocycles. The van der Waals surface area contributed by atoms with Crippen molar-refractivity contribution in [1.82, 2.24) is 25.5 Å². The molecule has 0 atom stereocenters. The standard InChI is InChI=1S/C9H16N6O/c1-9(3-5-10-6-4-9)7(16)11-8-12-14-15(2)13-8/h10H,3-6H2,1-2H3,(H,11,13,16). The number of carbonyl (C=O) groups excluding carboxylic acids is 1. The highest BCUT2D eigenvalue weighted by Crippen LogP contribution is 2.28. The van der Waals surface area contributed by atoms with Crippen LogP contribution in [0.2, 0.25) is 0 Å². The summed E-state index contributed by atoms with van der Waals surface area (Å²) < 4.78 is 0. The van der Waals surface area contributed by atoms with Crippen molar-refractivity contribution in [2.75, 3.05) is 18.4 Å². The van der Waals surface area contributed by atoms with Gasteiger partial charge in [-0.2, -0.15) is 4.80 Å². The molecule has 0 unspecified atom stereocenters. The van der Waals surface area contributed by atoms with Crippen molar-refractivity contribution < 1.29 is 4.79 Å². The summed E-state index contributed by atoms with van der Waals surface area (Å²) in [4.78, 5) is 13.4. The van der Waals surface area contributed by atoms with E-state index in [1.54, 1.807) is 7.05 Å². The number of nitrogens with one attached hydrogen (secondary N) is 2. The summed E-state index contributed by atoms with van der Waals surface area (Å²) in [5, 5.41) is 17.3. The summed E-state index contributed by atoms with van der Waals surface area (Å²) in [7, 11) is 1.66. The Balaban J connectivity index is 2.01. The highest BCUT2D eigenvalue weighted by molar-refractivity contribution is 5.93. The number of carbonyl (C=O) groups is 1. The zero-order valence-electron chi connectivity index (χ0n) is 9.53. The molecule has 0 radical (unpaired) electrons. The van der Waals surface area contributed by atoms with Crippen molar-refractivity contribution in [2.45, 2.75) is 19.8 Å². The van der Waals surface area contributed by atoms with Gasteiger partial charge in [-0.3, -0.25) is 10.1 Å². The van der Waals surface area contributed by atoms with Crippen LogP contribution in [0.15, 0.2) is 0 Å². The van der Waals surface area contributed by atoms with Crippen LogP contribution in [0.3, 0.4) is 0 Å². The van der Waals surface area contributed by atoms with Gasteiger partial charge in [-0.25, -0.2) is 0 Å². The van der Waals surface area contributed by atoms with Crippen LogP contribution in [0.1, 0.15) is 19.8 Å². The maximum atomic E-state index is 12.0. The lowest BCUT2D eigenvalue weighted by Gasteiger charge is -2.31. The van der Waals surface area contributed by atoms with E-state index >= 15 is 0 Å². The zero-order chi connectivity index (χ0) is 11.6. The lowest BCUT2D eigenvalue weighted by Crippen LogP contribution is -2.43. The minimum Gasteiger partial charge on any atom is -0.317 e. The van der Waals surface area contributed by atoms with Gasteiger partial charge in [0.1, 0.15) is 0 Å².